The average molecular weight is 229 g/mol. The number of carbonyl (C=O) groups excluding carboxylic acids is 1. The van der Waals surface area contributed by atoms with E-state index in [0.717, 1.165) is 12.0 Å². The SMILES string of the molecule is C=C(C)CCC(=O)NCCOC(C)(C)CO. The molecule has 0 aromatic rings. The fourth-order valence-corrected chi connectivity index (χ4v) is 0.979. The molecule has 0 rings (SSSR count). The Balaban J connectivity index is 3.52. The van der Waals surface area contributed by atoms with Crippen molar-refractivity contribution in [3.05, 3.63) is 12.2 Å². The highest BCUT2D eigenvalue weighted by Gasteiger charge is 2.16. The Labute approximate surface area is 97.7 Å². The molecular weight excluding hydrogens is 206 g/mol. The summed E-state index contributed by atoms with van der Waals surface area (Å²) in [4.78, 5) is 11.3. The smallest absolute Gasteiger partial charge is 0.220 e. The van der Waals surface area contributed by atoms with Gasteiger partial charge in [-0.15, -0.1) is 6.58 Å². The zero-order valence-corrected chi connectivity index (χ0v) is 10.5. The number of hydrogen-bond acceptors (Lipinski definition) is 3. The summed E-state index contributed by atoms with van der Waals surface area (Å²) >= 11 is 0. The minimum atomic E-state index is -0.539. The van der Waals surface area contributed by atoms with E-state index in [4.69, 9.17) is 9.84 Å². The highest BCUT2D eigenvalue weighted by atomic mass is 16.5. The average Bonchev–Trinajstić information content (AvgIpc) is 2.21. The molecule has 1 amide bonds. The lowest BCUT2D eigenvalue weighted by Gasteiger charge is -2.22. The molecule has 0 fully saturated rings. The van der Waals surface area contributed by atoms with Gasteiger partial charge in [-0.25, -0.2) is 0 Å². The number of hydrogen-bond donors (Lipinski definition) is 2. The molecule has 0 aliphatic carbocycles. The lowest BCUT2D eigenvalue weighted by molar-refractivity contribution is -0.121. The van der Waals surface area contributed by atoms with Crippen molar-refractivity contribution in [2.45, 2.75) is 39.2 Å². The maximum absolute atomic E-state index is 11.3. The first kappa shape index (κ1) is 15.1. The molecule has 0 unspecified atom stereocenters. The van der Waals surface area contributed by atoms with Gasteiger partial charge < -0.3 is 15.2 Å². The predicted molar refractivity (Wildman–Crippen MR) is 64.2 cm³/mol. The third-order valence-corrected chi connectivity index (χ3v) is 2.08. The van der Waals surface area contributed by atoms with E-state index in [0.29, 0.717) is 19.6 Å². The molecule has 0 saturated carbocycles. The van der Waals surface area contributed by atoms with Crippen LogP contribution in [0.15, 0.2) is 12.2 Å². The number of ether oxygens (including phenoxy) is 1. The molecule has 0 aromatic carbocycles. The Kier molecular flexibility index (Phi) is 7.01. The molecule has 0 radical (unpaired) electrons. The fraction of sp³-hybridized carbons (Fsp3) is 0.750. The van der Waals surface area contributed by atoms with E-state index in [1.165, 1.54) is 0 Å². The Morgan fingerprint density at radius 2 is 2.06 bits per heavy atom. The van der Waals surface area contributed by atoms with Crippen molar-refractivity contribution in [2.24, 2.45) is 0 Å². The van der Waals surface area contributed by atoms with Crippen LogP contribution < -0.4 is 5.32 Å². The van der Waals surface area contributed by atoms with Crippen molar-refractivity contribution in [3.63, 3.8) is 0 Å². The second-order valence-electron chi connectivity index (χ2n) is 4.57. The lowest BCUT2D eigenvalue weighted by atomic mass is 10.1. The molecule has 16 heavy (non-hydrogen) atoms. The van der Waals surface area contributed by atoms with Crippen LogP contribution in [0.4, 0.5) is 0 Å². The molecule has 0 bridgehead atoms. The van der Waals surface area contributed by atoms with Crippen LogP contribution in [0.2, 0.25) is 0 Å². The Bertz CT molecular complexity index is 236. The number of rotatable bonds is 8. The van der Waals surface area contributed by atoms with Crippen molar-refractivity contribution < 1.29 is 14.6 Å². The molecule has 0 aliphatic rings. The minimum absolute atomic E-state index is 0.00778. The van der Waals surface area contributed by atoms with Crippen molar-refractivity contribution >= 4 is 5.91 Å². The maximum atomic E-state index is 11.3. The van der Waals surface area contributed by atoms with Gasteiger partial charge in [-0.3, -0.25) is 4.79 Å². The molecule has 4 heteroatoms. The maximum Gasteiger partial charge on any atom is 0.220 e. The van der Waals surface area contributed by atoms with Crippen LogP contribution in [0.25, 0.3) is 0 Å². The fourth-order valence-electron chi connectivity index (χ4n) is 0.979. The van der Waals surface area contributed by atoms with Crippen LogP contribution in [0, 0.1) is 0 Å². The number of nitrogens with one attached hydrogen (secondary N) is 1. The zero-order valence-electron chi connectivity index (χ0n) is 10.5. The summed E-state index contributed by atoms with van der Waals surface area (Å²) in [6, 6.07) is 0. The summed E-state index contributed by atoms with van der Waals surface area (Å²) < 4.78 is 5.37. The summed E-state index contributed by atoms with van der Waals surface area (Å²) in [5.74, 6) is 0.00778. The number of aliphatic hydroxyl groups excluding tert-OH is 1. The molecule has 0 heterocycles. The Hall–Kier alpha value is -0.870. The van der Waals surface area contributed by atoms with Crippen molar-refractivity contribution in [1.82, 2.24) is 5.32 Å². The molecule has 0 aromatic heterocycles. The number of amides is 1. The van der Waals surface area contributed by atoms with Gasteiger partial charge in [0, 0.05) is 13.0 Å². The van der Waals surface area contributed by atoms with Crippen LogP contribution in [0.5, 0.6) is 0 Å². The van der Waals surface area contributed by atoms with E-state index >= 15 is 0 Å². The monoisotopic (exact) mass is 229 g/mol. The van der Waals surface area contributed by atoms with Gasteiger partial charge in [0.25, 0.3) is 0 Å². The van der Waals surface area contributed by atoms with Crippen LogP contribution in [0.1, 0.15) is 33.6 Å². The van der Waals surface area contributed by atoms with E-state index in [-0.39, 0.29) is 12.5 Å². The standard InChI is InChI=1S/C12H23NO3/c1-10(2)5-6-11(15)13-7-8-16-12(3,4)9-14/h14H,1,5-9H2,2-4H3,(H,13,15). The molecule has 0 atom stereocenters. The second kappa shape index (κ2) is 7.41. The van der Waals surface area contributed by atoms with Gasteiger partial charge in [-0.1, -0.05) is 5.57 Å². The number of aliphatic hydroxyl groups is 1. The van der Waals surface area contributed by atoms with E-state index < -0.39 is 5.60 Å². The number of allylic oxidation sites excluding steroid dienone is 1. The highest BCUT2D eigenvalue weighted by molar-refractivity contribution is 5.76. The van der Waals surface area contributed by atoms with Crippen LogP contribution >= 0.6 is 0 Å². The van der Waals surface area contributed by atoms with Crippen LogP contribution in [-0.4, -0.2) is 36.4 Å². The predicted octanol–water partition coefficient (Wildman–Crippen LogP) is 1.25. The Morgan fingerprint density at radius 1 is 1.44 bits per heavy atom. The molecular formula is C12H23NO3. The van der Waals surface area contributed by atoms with E-state index in [9.17, 15) is 4.79 Å². The summed E-state index contributed by atoms with van der Waals surface area (Å²) in [6.45, 7) is 10.1. The number of carbonyl (C=O) groups is 1. The van der Waals surface area contributed by atoms with E-state index in [1.807, 2.05) is 6.92 Å². The molecule has 0 saturated heterocycles. The minimum Gasteiger partial charge on any atom is -0.393 e. The molecule has 0 aliphatic heterocycles. The summed E-state index contributed by atoms with van der Waals surface area (Å²) in [5, 5.41) is 11.7. The third kappa shape index (κ3) is 8.44. The van der Waals surface area contributed by atoms with E-state index in [1.54, 1.807) is 13.8 Å². The molecule has 2 N–H and O–H groups in total. The van der Waals surface area contributed by atoms with Crippen molar-refractivity contribution in [2.75, 3.05) is 19.8 Å². The topological polar surface area (TPSA) is 58.6 Å². The summed E-state index contributed by atoms with van der Waals surface area (Å²) in [5.41, 5.74) is 0.468. The normalized spacial score (nSPS) is 11.2. The first-order chi connectivity index (χ1) is 7.37. The van der Waals surface area contributed by atoms with Gasteiger partial charge in [0.2, 0.25) is 5.91 Å². The van der Waals surface area contributed by atoms with Gasteiger partial charge in [-0.05, 0) is 27.2 Å². The van der Waals surface area contributed by atoms with Crippen molar-refractivity contribution in [3.8, 4) is 0 Å². The largest absolute Gasteiger partial charge is 0.393 e. The quantitative estimate of drug-likeness (QED) is 0.486. The van der Waals surface area contributed by atoms with Crippen LogP contribution in [-0.2, 0) is 9.53 Å². The van der Waals surface area contributed by atoms with Crippen molar-refractivity contribution in [1.29, 1.82) is 0 Å². The third-order valence-electron chi connectivity index (χ3n) is 2.08. The Morgan fingerprint density at radius 3 is 2.56 bits per heavy atom. The van der Waals surface area contributed by atoms with E-state index in [2.05, 4.69) is 11.9 Å². The zero-order chi connectivity index (χ0) is 12.6. The van der Waals surface area contributed by atoms with Gasteiger partial charge in [0.1, 0.15) is 0 Å². The highest BCUT2D eigenvalue weighted by Crippen LogP contribution is 2.06. The summed E-state index contributed by atoms with van der Waals surface area (Å²) in [7, 11) is 0. The van der Waals surface area contributed by atoms with Gasteiger partial charge in [0.05, 0.1) is 18.8 Å². The molecule has 0 spiro atoms. The first-order valence-electron chi connectivity index (χ1n) is 5.53. The molecule has 4 nitrogen and oxygen atoms in total. The van der Waals surface area contributed by atoms with Gasteiger partial charge in [-0.2, -0.15) is 0 Å². The second-order valence-corrected chi connectivity index (χ2v) is 4.57. The van der Waals surface area contributed by atoms with Gasteiger partial charge >= 0.3 is 0 Å². The first-order valence-corrected chi connectivity index (χ1v) is 5.53. The lowest BCUT2D eigenvalue weighted by Crippen LogP contribution is -2.34. The van der Waals surface area contributed by atoms with Gasteiger partial charge in [0.15, 0.2) is 0 Å². The molecule has 94 valence electrons. The van der Waals surface area contributed by atoms with Crippen LogP contribution in [0.3, 0.4) is 0 Å². The summed E-state index contributed by atoms with van der Waals surface area (Å²) in [6.07, 6.45) is 1.19.